The number of hydrogen-bond acceptors (Lipinski definition) is 4. The minimum absolute atomic E-state index is 0.152. The molecule has 1 saturated heterocycles. The van der Waals surface area contributed by atoms with Crippen LogP contribution in [0.5, 0.6) is 0 Å². The SMILES string of the molecule is CCCCC(N)C(=O)N1CCOCC1C(=O)NC. The number of nitrogens with two attached hydrogens (primary N) is 1. The van der Waals surface area contributed by atoms with Crippen molar-refractivity contribution in [2.24, 2.45) is 5.73 Å². The summed E-state index contributed by atoms with van der Waals surface area (Å²) in [6, 6.07) is -1.07. The van der Waals surface area contributed by atoms with Crippen molar-refractivity contribution >= 4 is 11.8 Å². The maximum Gasteiger partial charge on any atom is 0.244 e. The number of carbonyl (C=O) groups is 2. The molecule has 104 valence electrons. The molecule has 2 atom stereocenters. The second-order valence-electron chi connectivity index (χ2n) is 4.49. The first-order chi connectivity index (χ1) is 8.61. The number of hydrogen-bond donors (Lipinski definition) is 2. The van der Waals surface area contributed by atoms with Gasteiger partial charge in [-0.3, -0.25) is 9.59 Å². The lowest BCUT2D eigenvalue weighted by Gasteiger charge is -2.35. The third-order valence-corrected chi connectivity index (χ3v) is 3.15. The molecular formula is C12H23N3O3. The minimum atomic E-state index is -0.552. The summed E-state index contributed by atoms with van der Waals surface area (Å²) in [6.45, 7) is 3.18. The Bertz CT molecular complexity index is 296. The Morgan fingerprint density at radius 1 is 1.56 bits per heavy atom. The summed E-state index contributed by atoms with van der Waals surface area (Å²) in [6.07, 6.45) is 2.58. The van der Waals surface area contributed by atoms with Gasteiger partial charge in [-0.25, -0.2) is 0 Å². The molecule has 0 aromatic carbocycles. The molecule has 18 heavy (non-hydrogen) atoms. The molecule has 1 aliphatic heterocycles. The Hall–Kier alpha value is -1.14. The van der Waals surface area contributed by atoms with E-state index in [1.165, 1.54) is 0 Å². The van der Waals surface area contributed by atoms with Gasteiger partial charge in [0.05, 0.1) is 19.3 Å². The maximum absolute atomic E-state index is 12.2. The summed E-state index contributed by atoms with van der Waals surface area (Å²) in [4.78, 5) is 25.4. The van der Waals surface area contributed by atoms with Crippen LogP contribution in [0.3, 0.4) is 0 Å². The van der Waals surface area contributed by atoms with Gasteiger partial charge in [-0.2, -0.15) is 0 Å². The van der Waals surface area contributed by atoms with Gasteiger partial charge in [-0.1, -0.05) is 19.8 Å². The fourth-order valence-corrected chi connectivity index (χ4v) is 2.01. The third-order valence-electron chi connectivity index (χ3n) is 3.15. The molecule has 0 spiro atoms. The summed E-state index contributed by atoms with van der Waals surface area (Å²) in [5.41, 5.74) is 5.87. The lowest BCUT2D eigenvalue weighted by Crippen LogP contribution is -2.58. The van der Waals surface area contributed by atoms with Gasteiger partial charge in [-0.15, -0.1) is 0 Å². The first kappa shape index (κ1) is 14.9. The summed E-state index contributed by atoms with van der Waals surface area (Å²) < 4.78 is 5.25. The van der Waals surface area contributed by atoms with Crippen molar-refractivity contribution in [2.45, 2.75) is 38.3 Å². The van der Waals surface area contributed by atoms with E-state index in [9.17, 15) is 9.59 Å². The van der Waals surface area contributed by atoms with E-state index in [1.54, 1.807) is 11.9 Å². The van der Waals surface area contributed by atoms with Gasteiger partial charge in [0.15, 0.2) is 0 Å². The summed E-state index contributed by atoms with van der Waals surface area (Å²) in [7, 11) is 1.55. The normalized spacial score (nSPS) is 21.5. The molecule has 1 fully saturated rings. The van der Waals surface area contributed by atoms with Crippen LogP contribution in [0.2, 0.25) is 0 Å². The number of unbranched alkanes of at least 4 members (excludes halogenated alkanes) is 1. The van der Waals surface area contributed by atoms with Crippen LogP contribution >= 0.6 is 0 Å². The first-order valence-electron chi connectivity index (χ1n) is 6.47. The Morgan fingerprint density at radius 3 is 2.89 bits per heavy atom. The quantitative estimate of drug-likeness (QED) is 0.694. The molecule has 0 bridgehead atoms. The lowest BCUT2D eigenvalue weighted by molar-refractivity contribution is -0.149. The molecule has 0 aromatic heterocycles. The predicted octanol–water partition coefficient (Wildman–Crippen LogP) is -0.523. The molecule has 0 saturated carbocycles. The number of nitrogens with one attached hydrogen (secondary N) is 1. The van der Waals surface area contributed by atoms with Crippen molar-refractivity contribution in [2.75, 3.05) is 26.8 Å². The second kappa shape index (κ2) is 7.33. The number of morpholine rings is 1. The van der Waals surface area contributed by atoms with Crippen LogP contribution in [0, 0.1) is 0 Å². The van der Waals surface area contributed by atoms with Crippen molar-refractivity contribution in [3.63, 3.8) is 0 Å². The molecule has 0 aliphatic carbocycles. The van der Waals surface area contributed by atoms with E-state index in [1.807, 2.05) is 0 Å². The molecule has 2 unspecified atom stereocenters. The molecule has 1 rings (SSSR count). The summed E-state index contributed by atoms with van der Waals surface area (Å²) >= 11 is 0. The highest BCUT2D eigenvalue weighted by molar-refractivity contribution is 5.89. The number of nitrogens with zero attached hydrogens (tertiary/aromatic N) is 1. The van der Waals surface area contributed by atoms with Gasteiger partial charge in [0.1, 0.15) is 6.04 Å². The van der Waals surface area contributed by atoms with Crippen LogP contribution < -0.4 is 11.1 Å². The van der Waals surface area contributed by atoms with Crippen LogP contribution in [0.4, 0.5) is 0 Å². The average Bonchev–Trinajstić information content (AvgIpc) is 2.43. The monoisotopic (exact) mass is 257 g/mol. The number of amides is 2. The van der Waals surface area contributed by atoms with E-state index in [-0.39, 0.29) is 18.4 Å². The topological polar surface area (TPSA) is 84.7 Å². The van der Waals surface area contributed by atoms with Crippen LogP contribution in [-0.4, -0.2) is 55.6 Å². The Kier molecular flexibility index (Phi) is 6.07. The fraction of sp³-hybridized carbons (Fsp3) is 0.833. The number of ether oxygens (including phenoxy) is 1. The lowest BCUT2D eigenvalue weighted by atomic mass is 10.1. The molecule has 0 radical (unpaired) electrons. The zero-order valence-corrected chi connectivity index (χ0v) is 11.1. The first-order valence-corrected chi connectivity index (χ1v) is 6.47. The smallest absolute Gasteiger partial charge is 0.244 e. The van der Waals surface area contributed by atoms with Crippen molar-refractivity contribution in [3.05, 3.63) is 0 Å². The van der Waals surface area contributed by atoms with Gasteiger partial charge < -0.3 is 20.7 Å². The van der Waals surface area contributed by atoms with Crippen molar-refractivity contribution in [1.29, 1.82) is 0 Å². The third kappa shape index (κ3) is 3.68. The number of likely N-dealkylation sites (N-methyl/N-ethyl adjacent to an activating group) is 1. The van der Waals surface area contributed by atoms with Gasteiger partial charge in [0, 0.05) is 13.6 Å². The molecule has 6 heteroatoms. The van der Waals surface area contributed by atoms with E-state index in [0.29, 0.717) is 19.6 Å². The number of rotatable bonds is 5. The Labute approximate surface area is 108 Å². The minimum Gasteiger partial charge on any atom is -0.377 e. The Balaban J connectivity index is 2.64. The van der Waals surface area contributed by atoms with Crippen molar-refractivity contribution in [3.8, 4) is 0 Å². The maximum atomic E-state index is 12.2. The molecule has 1 aliphatic rings. The highest BCUT2D eigenvalue weighted by Crippen LogP contribution is 2.11. The second-order valence-corrected chi connectivity index (χ2v) is 4.49. The molecule has 6 nitrogen and oxygen atoms in total. The average molecular weight is 257 g/mol. The standard InChI is InChI=1S/C12H23N3O3/c1-3-4-5-9(13)12(17)15-6-7-18-8-10(15)11(16)14-2/h9-10H,3-8,13H2,1-2H3,(H,14,16). The summed E-state index contributed by atoms with van der Waals surface area (Å²) in [5.74, 6) is -0.355. The van der Waals surface area contributed by atoms with Crippen LogP contribution in [0.15, 0.2) is 0 Å². The molecular weight excluding hydrogens is 234 g/mol. The fourth-order valence-electron chi connectivity index (χ4n) is 2.01. The highest BCUT2D eigenvalue weighted by Gasteiger charge is 2.34. The zero-order valence-electron chi connectivity index (χ0n) is 11.1. The van der Waals surface area contributed by atoms with E-state index in [4.69, 9.17) is 10.5 Å². The van der Waals surface area contributed by atoms with Gasteiger partial charge in [-0.05, 0) is 6.42 Å². The predicted molar refractivity (Wildman–Crippen MR) is 67.9 cm³/mol. The molecule has 3 N–H and O–H groups in total. The molecule has 1 heterocycles. The van der Waals surface area contributed by atoms with Crippen LogP contribution in [0.1, 0.15) is 26.2 Å². The van der Waals surface area contributed by atoms with E-state index in [2.05, 4.69) is 12.2 Å². The molecule has 2 amide bonds. The molecule has 0 aromatic rings. The number of carbonyl (C=O) groups excluding carboxylic acids is 2. The van der Waals surface area contributed by atoms with Gasteiger partial charge in [0.25, 0.3) is 0 Å². The van der Waals surface area contributed by atoms with E-state index >= 15 is 0 Å². The van der Waals surface area contributed by atoms with Crippen LogP contribution in [0.25, 0.3) is 0 Å². The highest BCUT2D eigenvalue weighted by atomic mass is 16.5. The zero-order chi connectivity index (χ0) is 13.5. The van der Waals surface area contributed by atoms with E-state index < -0.39 is 12.1 Å². The largest absolute Gasteiger partial charge is 0.377 e. The Morgan fingerprint density at radius 2 is 2.28 bits per heavy atom. The van der Waals surface area contributed by atoms with E-state index in [0.717, 1.165) is 12.8 Å². The van der Waals surface area contributed by atoms with Gasteiger partial charge in [0.2, 0.25) is 11.8 Å². The van der Waals surface area contributed by atoms with Crippen LogP contribution in [-0.2, 0) is 14.3 Å². The van der Waals surface area contributed by atoms with Crippen molar-refractivity contribution in [1.82, 2.24) is 10.2 Å². The summed E-state index contributed by atoms with van der Waals surface area (Å²) in [5, 5.41) is 2.55. The van der Waals surface area contributed by atoms with Crippen molar-refractivity contribution < 1.29 is 14.3 Å². The van der Waals surface area contributed by atoms with Gasteiger partial charge >= 0.3 is 0 Å².